The summed E-state index contributed by atoms with van der Waals surface area (Å²) >= 11 is 0. The number of carbonyl (C=O) groups is 2. The van der Waals surface area contributed by atoms with E-state index in [9.17, 15) is 14.0 Å². The number of anilines is 1. The van der Waals surface area contributed by atoms with Gasteiger partial charge in [-0.15, -0.1) is 0 Å². The van der Waals surface area contributed by atoms with Gasteiger partial charge in [0.05, 0.1) is 20.6 Å². The van der Waals surface area contributed by atoms with E-state index in [0.717, 1.165) is 22.5 Å². The second-order valence-corrected chi connectivity index (χ2v) is 9.20. The van der Waals surface area contributed by atoms with Gasteiger partial charge in [0.15, 0.2) is 5.69 Å². The van der Waals surface area contributed by atoms with Crippen LogP contribution in [0.2, 0.25) is 0 Å². The minimum absolute atomic E-state index is 0.0512. The van der Waals surface area contributed by atoms with Crippen LogP contribution in [-0.4, -0.2) is 78.8 Å². The first-order valence-corrected chi connectivity index (χ1v) is 12.3. The molecule has 3 aromatic rings. The average Bonchev–Trinajstić information content (AvgIpc) is 3.36. The standard InChI is InChI=1S/C27H30FN5O4/c1-36-21-7-8-24(37-2)18(15-21)16-25(34)33-10-9-23-22(17-33)26(30-29-23)27(35)32-13-11-31(12-14-32)20-5-3-19(28)4-6-20/h3-8,15H,9-14,16-17H2,1-2H3,(H,29,30). The molecule has 0 spiro atoms. The Labute approximate surface area is 214 Å². The van der Waals surface area contributed by atoms with Crippen molar-refractivity contribution in [1.82, 2.24) is 20.0 Å². The van der Waals surface area contributed by atoms with Crippen LogP contribution in [0.15, 0.2) is 42.5 Å². The Morgan fingerprint density at radius 1 is 0.973 bits per heavy atom. The number of hydrogen-bond donors (Lipinski definition) is 1. The van der Waals surface area contributed by atoms with Gasteiger partial charge >= 0.3 is 0 Å². The number of halogens is 1. The number of carbonyl (C=O) groups excluding carboxylic acids is 2. The monoisotopic (exact) mass is 507 g/mol. The Morgan fingerprint density at radius 3 is 2.43 bits per heavy atom. The van der Waals surface area contributed by atoms with Crippen molar-refractivity contribution in [3.63, 3.8) is 0 Å². The molecule has 3 heterocycles. The predicted octanol–water partition coefficient (Wildman–Crippen LogP) is 2.66. The number of methoxy groups -OCH3 is 2. The highest BCUT2D eigenvalue weighted by atomic mass is 19.1. The van der Waals surface area contributed by atoms with Gasteiger partial charge in [-0.05, 0) is 42.5 Å². The number of amides is 2. The first-order chi connectivity index (χ1) is 18.0. The van der Waals surface area contributed by atoms with E-state index in [1.165, 1.54) is 12.1 Å². The van der Waals surface area contributed by atoms with Crippen molar-refractivity contribution in [3.05, 3.63) is 70.8 Å². The number of rotatable bonds is 6. The fourth-order valence-corrected chi connectivity index (χ4v) is 4.95. The lowest BCUT2D eigenvalue weighted by Gasteiger charge is -2.36. The number of hydrogen-bond acceptors (Lipinski definition) is 6. The molecule has 0 atom stereocenters. The number of fused-ring (bicyclic) bond motifs is 1. The summed E-state index contributed by atoms with van der Waals surface area (Å²) < 4.78 is 24.0. The number of ether oxygens (including phenoxy) is 2. The molecule has 194 valence electrons. The third-order valence-corrected chi connectivity index (χ3v) is 7.08. The molecule has 1 aromatic heterocycles. The highest BCUT2D eigenvalue weighted by Gasteiger charge is 2.31. The molecular weight excluding hydrogens is 477 g/mol. The molecule has 37 heavy (non-hydrogen) atoms. The fraction of sp³-hybridized carbons (Fsp3) is 0.370. The van der Waals surface area contributed by atoms with Gasteiger partial charge in [0.2, 0.25) is 5.91 Å². The highest BCUT2D eigenvalue weighted by molar-refractivity contribution is 5.94. The minimum Gasteiger partial charge on any atom is -0.497 e. The number of nitrogens with zero attached hydrogens (tertiary/aromatic N) is 4. The average molecular weight is 508 g/mol. The maximum absolute atomic E-state index is 13.4. The van der Waals surface area contributed by atoms with Gasteiger partial charge in [-0.1, -0.05) is 0 Å². The Hall–Kier alpha value is -4.08. The Morgan fingerprint density at radius 2 is 1.73 bits per heavy atom. The van der Waals surface area contributed by atoms with E-state index in [1.54, 1.807) is 48.3 Å². The van der Waals surface area contributed by atoms with Crippen molar-refractivity contribution in [2.24, 2.45) is 0 Å². The zero-order valence-corrected chi connectivity index (χ0v) is 21.0. The van der Waals surface area contributed by atoms with Crippen molar-refractivity contribution >= 4 is 17.5 Å². The minimum atomic E-state index is -0.268. The molecule has 2 amide bonds. The van der Waals surface area contributed by atoms with E-state index < -0.39 is 0 Å². The van der Waals surface area contributed by atoms with E-state index in [1.807, 2.05) is 6.07 Å². The van der Waals surface area contributed by atoms with Crippen LogP contribution in [0.4, 0.5) is 10.1 Å². The van der Waals surface area contributed by atoms with Gasteiger partial charge in [-0.25, -0.2) is 4.39 Å². The SMILES string of the molecule is COc1ccc(OC)c(CC(=O)N2CCc3[nH]nc(C(=O)N4CCN(c5ccc(F)cc5)CC4)c3C2)c1. The molecule has 0 saturated carbocycles. The lowest BCUT2D eigenvalue weighted by molar-refractivity contribution is -0.131. The second kappa shape index (κ2) is 10.5. The van der Waals surface area contributed by atoms with E-state index in [4.69, 9.17) is 9.47 Å². The van der Waals surface area contributed by atoms with Crippen LogP contribution in [0.1, 0.15) is 27.3 Å². The third-order valence-electron chi connectivity index (χ3n) is 7.08. The van der Waals surface area contributed by atoms with Crippen molar-refractivity contribution in [2.75, 3.05) is 51.8 Å². The quantitative estimate of drug-likeness (QED) is 0.552. The van der Waals surface area contributed by atoms with Crippen molar-refractivity contribution in [1.29, 1.82) is 0 Å². The van der Waals surface area contributed by atoms with Crippen LogP contribution in [0.25, 0.3) is 0 Å². The Kier molecular flexibility index (Phi) is 6.98. The van der Waals surface area contributed by atoms with E-state index in [0.29, 0.717) is 62.9 Å². The van der Waals surface area contributed by atoms with Gasteiger partial charge in [-0.2, -0.15) is 5.10 Å². The lowest BCUT2D eigenvalue weighted by Crippen LogP contribution is -2.49. The summed E-state index contributed by atoms with van der Waals surface area (Å²) in [5.74, 6) is 0.832. The Balaban J connectivity index is 1.25. The number of aromatic nitrogens is 2. The van der Waals surface area contributed by atoms with Gasteiger partial charge in [0, 0.05) is 68.2 Å². The van der Waals surface area contributed by atoms with Crippen molar-refractivity contribution in [2.45, 2.75) is 19.4 Å². The number of nitrogens with one attached hydrogen (secondary N) is 1. The van der Waals surface area contributed by atoms with Gasteiger partial charge in [-0.3, -0.25) is 14.7 Å². The maximum atomic E-state index is 13.4. The molecule has 10 heteroatoms. The number of H-pyrrole nitrogens is 1. The summed E-state index contributed by atoms with van der Waals surface area (Å²) in [5, 5.41) is 7.35. The normalized spacial score (nSPS) is 15.4. The predicted molar refractivity (Wildman–Crippen MR) is 135 cm³/mol. The first kappa shape index (κ1) is 24.6. The van der Waals surface area contributed by atoms with E-state index in [2.05, 4.69) is 15.1 Å². The molecule has 0 radical (unpaired) electrons. The third kappa shape index (κ3) is 5.09. The molecule has 2 aliphatic rings. The summed E-state index contributed by atoms with van der Waals surface area (Å²) in [5.41, 5.74) is 3.74. The molecule has 1 saturated heterocycles. The largest absolute Gasteiger partial charge is 0.497 e. The molecule has 1 fully saturated rings. The first-order valence-electron chi connectivity index (χ1n) is 12.3. The zero-order valence-electron chi connectivity index (χ0n) is 21.0. The summed E-state index contributed by atoms with van der Waals surface area (Å²) in [4.78, 5) is 32.3. The summed E-state index contributed by atoms with van der Waals surface area (Å²) in [6.45, 7) is 3.25. The van der Waals surface area contributed by atoms with Crippen LogP contribution in [0, 0.1) is 5.82 Å². The fourth-order valence-electron chi connectivity index (χ4n) is 4.95. The van der Waals surface area contributed by atoms with Gasteiger partial charge < -0.3 is 24.2 Å². The van der Waals surface area contributed by atoms with Crippen LogP contribution in [0.5, 0.6) is 11.5 Å². The maximum Gasteiger partial charge on any atom is 0.274 e. The molecule has 1 N–H and O–H groups in total. The van der Waals surface area contributed by atoms with Crippen LogP contribution in [0.3, 0.4) is 0 Å². The van der Waals surface area contributed by atoms with Crippen LogP contribution in [-0.2, 0) is 24.2 Å². The smallest absolute Gasteiger partial charge is 0.274 e. The summed E-state index contributed by atoms with van der Waals surface area (Å²) in [7, 11) is 3.16. The van der Waals surface area contributed by atoms with Crippen LogP contribution >= 0.6 is 0 Å². The van der Waals surface area contributed by atoms with E-state index >= 15 is 0 Å². The molecule has 5 rings (SSSR count). The van der Waals surface area contributed by atoms with Crippen molar-refractivity contribution < 1.29 is 23.5 Å². The molecule has 2 aliphatic heterocycles. The van der Waals surface area contributed by atoms with Crippen molar-refractivity contribution in [3.8, 4) is 11.5 Å². The number of benzene rings is 2. The number of piperazine rings is 1. The summed E-state index contributed by atoms with van der Waals surface area (Å²) in [6.07, 6.45) is 0.775. The highest BCUT2D eigenvalue weighted by Crippen LogP contribution is 2.27. The van der Waals surface area contributed by atoms with Gasteiger partial charge in [0.25, 0.3) is 5.91 Å². The van der Waals surface area contributed by atoms with Gasteiger partial charge in [0.1, 0.15) is 17.3 Å². The Bertz CT molecular complexity index is 1280. The lowest BCUT2D eigenvalue weighted by atomic mass is 10.0. The second-order valence-electron chi connectivity index (χ2n) is 9.20. The molecular formula is C27H30FN5O4. The summed E-state index contributed by atoms with van der Waals surface area (Å²) in [6, 6.07) is 11.8. The number of aromatic amines is 1. The molecule has 9 nitrogen and oxygen atoms in total. The van der Waals surface area contributed by atoms with E-state index in [-0.39, 0.29) is 24.1 Å². The molecule has 0 bridgehead atoms. The molecule has 0 aliphatic carbocycles. The topological polar surface area (TPSA) is 91.0 Å². The zero-order chi connectivity index (χ0) is 25.9. The molecule has 0 unspecified atom stereocenters. The van der Waals surface area contributed by atoms with Crippen LogP contribution < -0.4 is 14.4 Å². The molecule has 2 aromatic carbocycles.